The number of alkyl carbamates (subject to hydrolysis) is 1. The molecule has 4 heteroatoms. The largest absolute Gasteiger partial charge is 0.434 e. The zero-order valence-corrected chi connectivity index (χ0v) is 10.6. The molecule has 1 rings (SSSR count). The molecule has 0 unspecified atom stereocenters. The quantitative estimate of drug-likeness (QED) is 0.590. The lowest BCUT2D eigenvalue weighted by Gasteiger charge is -2.28. The minimum Gasteiger partial charge on any atom is -0.434 e. The second kappa shape index (κ2) is 4.79. The van der Waals surface area contributed by atoms with Crippen molar-refractivity contribution in [2.75, 3.05) is 0 Å². The van der Waals surface area contributed by atoms with E-state index >= 15 is 0 Å². The first-order valence-electron chi connectivity index (χ1n) is 5.81. The number of amides is 1. The fraction of sp³-hybridized carbons (Fsp3) is 0.692. The van der Waals surface area contributed by atoms with Gasteiger partial charge in [-0.3, -0.25) is 4.79 Å². The van der Waals surface area contributed by atoms with Gasteiger partial charge in [0.2, 0.25) is 5.78 Å². The Balaban J connectivity index is 2.72. The Morgan fingerprint density at radius 1 is 1.29 bits per heavy atom. The molecule has 0 aromatic carbocycles. The van der Waals surface area contributed by atoms with E-state index in [1.807, 2.05) is 20.8 Å². The average molecular weight is 237 g/mol. The van der Waals surface area contributed by atoms with Crippen molar-refractivity contribution in [3.05, 3.63) is 0 Å². The first-order valence-corrected chi connectivity index (χ1v) is 5.81. The van der Waals surface area contributed by atoms with E-state index in [0.717, 1.165) is 12.8 Å². The van der Waals surface area contributed by atoms with Crippen LogP contribution < -0.4 is 5.32 Å². The number of carbonyl (C=O) groups excluding carboxylic acids is 2. The fourth-order valence-corrected chi connectivity index (χ4v) is 1.96. The lowest BCUT2D eigenvalue weighted by atomic mass is 9.97. The second-order valence-electron chi connectivity index (χ2n) is 5.44. The first kappa shape index (κ1) is 13.6. The van der Waals surface area contributed by atoms with Crippen LogP contribution in [0, 0.1) is 12.3 Å². The van der Waals surface area contributed by atoms with Gasteiger partial charge < -0.3 is 10.1 Å². The van der Waals surface area contributed by atoms with Crippen molar-refractivity contribution < 1.29 is 14.3 Å². The van der Waals surface area contributed by atoms with E-state index in [-0.39, 0.29) is 0 Å². The summed E-state index contributed by atoms with van der Waals surface area (Å²) in [6.07, 6.45) is 7.31. The third kappa shape index (κ3) is 3.48. The van der Waals surface area contributed by atoms with Gasteiger partial charge in [-0.2, -0.15) is 0 Å². The summed E-state index contributed by atoms with van der Waals surface area (Å²) in [4.78, 5) is 23.4. The lowest BCUT2D eigenvalue weighted by molar-refractivity contribution is -0.131. The third-order valence-electron chi connectivity index (χ3n) is 2.72. The summed E-state index contributed by atoms with van der Waals surface area (Å²) in [7, 11) is 0. The molecule has 0 spiro atoms. The smallest absolute Gasteiger partial charge is 0.408 e. The summed E-state index contributed by atoms with van der Waals surface area (Å²) in [6.45, 7) is 5.54. The molecular formula is C13H19NO3. The van der Waals surface area contributed by atoms with Crippen molar-refractivity contribution in [3.63, 3.8) is 0 Å². The normalized spacial score (nSPS) is 18.2. The first-order chi connectivity index (χ1) is 7.79. The number of carbonyl (C=O) groups is 2. The molecule has 0 heterocycles. The van der Waals surface area contributed by atoms with Crippen molar-refractivity contribution in [1.29, 1.82) is 0 Å². The van der Waals surface area contributed by atoms with Crippen LogP contribution in [0.1, 0.15) is 46.5 Å². The van der Waals surface area contributed by atoms with Crippen LogP contribution in [0.25, 0.3) is 0 Å². The van der Waals surface area contributed by atoms with Gasteiger partial charge in [-0.1, -0.05) is 0 Å². The van der Waals surface area contributed by atoms with E-state index < -0.39 is 23.0 Å². The summed E-state index contributed by atoms with van der Waals surface area (Å²) < 4.78 is 5.29. The van der Waals surface area contributed by atoms with Crippen LogP contribution in [-0.2, 0) is 9.53 Å². The summed E-state index contributed by atoms with van der Waals surface area (Å²) in [5.74, 6) is 1.64. The lowest BCUT2D eigenvalue weighted by Crippen LogP contribution is -2.48. The molecular weight excluding hydrogens is 218 g/mol. The number of terminal acetylenes is 1. The van der Waals surface area contributed by atoms with Crippen LogP contribution in [0.15, 0.2) is 0 Å². The Hall–Kier alpha value is -1.50. The molecule has 0 saturated heterocycles. The average Bonchev–Trinajstić information content (AvgIpc) is 2.63. The number of hydrogen-bond donors (Lipinski definition) is 1. The van der Waals surface area contributed by atoms with Crippen LogP contribution in [0.2, 0.25) is 0 Å². The van der Waals surface area contributed by atoms with Gasteiger partial charge >= 0.3 is 6.09 Å². The van der Waals surface area contributed by atoms with E-state index in [1.54, 1.807) is 0 Å². The van der Waals surface area contributed by atoms with Crippen LogP contribution >= 0.6 is 0 Å². The second-order valence-corrected chi connectivity index (χ2v) is 5.44. The van der Waals surface area contributed by atoms with Crippen LogP contribution in [0.4, 0.5) is 4.79 Å². The van der Waals surface area contributed by atoms with Crippen LogP contribution in [-0.4, -0.2) is 23.0 Å². The third-order valence-corrected chi connectivity index (χ3v) is 2.72. The van der Waals surface area contributed by atoms with Crippen molar-refractivity contribution in [2.24, 2.45) is 0 Å². The van der Waals surface area contributed by atoms with E-state index in [0.29, 0.717) is 12.8 Å². The molecule has 17 heavy (non-hydrogen) atoms. The molecule has 1 aliphatic carbocycles. The van der Waals surface area contributed by atoms with Gasteiger partial charge in [0.1, 0.15) is 0 Å². The number of hydrogen-bond acceptors (Lipinski definition) is 3. The highest BCUT2D eigenvalue weighted by Gasteiger charge is 2.44. The van der Waals surface area contributed by atoms with Gasteiger partial charge in [-0.15, -0.1) is 6.42 Å². The maximum atomic E-state index is 11.7. The van der Waals surface area contributed by atoms with Crippen molar-refractivity contribution in [2.45, 2.75) is 57.6 Å². The molecule has 0 aromatic heterocycles. The predicted octanol–water partition coefficient (Wildman–Crippen LogP) is 2.03. The summed E-state index contributed by atoms with van der Waals surface area (Å²) >= 11 is 0. The highest BCUT2D eigenvalue weighted by atomic mass is 16.6. The Bertz CT molecular complexity index is 354. The Kier molecular flexibility index (Phi) is 3.82. The number of rotatable bonds is 2. The zero-order valence-electron chi connectivity index (χ0n) is 10.6. The minimum absolute atomic E-state index is 0.393. The molecule has 1 saturated carbocycles. The predicted molar refractivity (Wildman–Crippen MR) is 64.4 cm³/mol. The van der Waals surface area contributed by atoms with E-state index in [1.165, 1.54) is 0 Å². The molecule has 94 valence electrons. The maximum Gasteiger partial charge on any atom is 0.408 e. The number of Topliss-reactive ketones (excluding diaryl/α,β-unsaturated/α-hetero) is 1. The highest BCUT2D eigenvalue weighted by Crippen LogP contribution is 2.34. The van der Waals surface area contributed by atoms with Crippen molar-refractivity contribution in [3.8, 4) is 12.3 Å². The molecule has 0 bridgehead atoms. The molecule has 1 amide bonds. The Morgan fingerprint density at radius 2 is 1.82 bits per heavy atom. The molecule has 0 radical (unpaired) electrons. The molecule has 4 nitrogen and oxygen atoms in total. The van der Waals surface area contributed by atoms with Gasteiger partial charge in [0.25, 0.3) is 0 Å². The summed E-state index contributed by atoms with van der Waals surface area (Å²) in [5, 5.41) is 2.67. The van der Waals surface area contributed by atoms with Crippen LogP contribution in [0.3, 0.4) is 0 Å². The SMILES string of the molecule is C#CC(=O)C1(OC(=O)NC(C)(C)C)CCCC1. The van der Waals surface area contributed by atoms with Gasteiger partial charge in [-0.25, -0.2) is 4.79 Å². The molecule has 1 N–H and O–H groups in total. The molecule has 1 aliphatic rings. The topological polar surface area (TPSA) is 55.4 Å². The standard InChI is InChI=1S/C13H19NO3/c1-5-10(15)13(8-6-7-9-13)17-11(16)14-12(2,3)4/h1H,6-9H2,2-4H3,(H,14,16). The van der Waals surface area contributed by atoms with Crippen molar-refractivity contribution >= 4 is 11.9 Å². The van der Waals surface area contributed by atoms with E-state index in [4.69, 9.17) is 11.2 Å². The van der Waals surface area contributed by atoms with Crippen molar-refractivity contribution in [1.82, 2.24) is 5.32 Å². The summed E-state index contributed by atoms with van der Waals surface area (Å²) in [6, 6.07) is 0. The van der Waals surface area contributed by atoms with E-state index in [2.05, 4.69) is 11.2 Å². The molecule has 0 aromatic rings. The summed E-state index contributed by atoms with van der Waals surface area (Å²) in [5.41, 5.74) is -1.49. The van der Waals surface area contributed by atoms with Gasteiger partial charge in [0, 0.05) is 5.54 Å². The molecule has 0 atom stereocenters. The Morgan fingerprint density at radius 3 is 2.24 bits per heavy atom. The maximum absolute atomic E-state index is 11.7. The number of ether oxygens (including phenoxy) is 1. The Labute approximate surface area is 102 Å². The minimum atomic E-state index is -1.09. The molecule has 0 aliphatic heterocycles. The number of nitrogens with one attached hydrogen (secondary N) is 1. The molecule has 1 fully saturated rings. The monoisotopic (exact) mass is 237 g/mol. The van der Waals surface area contributed by atoms with E-state index in [9.17, 15) is 9.59 Å². The number of ketones is 1. The highest BCUT2D eigenvalue weighted by molar-refractivity contribution is 6.02. The van der Waals surface area contributed by atoms with Gasteiger partial charge in [0.15, 0.2) is 5.60 Å². The zero-order chi connectivity index (χ0) is 13.1. The van der Waals surface area contributed by atoms with Gasteiger partial charge in [0.05, 0.1) is 0 Å². The fourth-order valence-electron chi connectivity index (χ4n) is 1.96. The van der Waals surface area contributed by atoms with Crippen LogP contribution in [0.5, 0.6) is 0 Å². The van der Waals surface area contributed by atoms with Gasteiger partial charge in [-0.05, 0) is 52.4 Å².